The first-order valence-electron chi connectivity index (χ1n) is 18.3. The van der Waals surface area contributed by atoms with Crippen LogP contribution < -0.4 is 0 Å². The smallest absolute Gasteiger partial charge is 0.136 e. The second kappa shape index (κ2) is 11.9. The van der Waals surface area contributed by atoms with E-state index in [1.54, 1.807) is 0 Å². The maximum atomic E-state index is 6.32. The lowest BCUT2D eigenvalue weighted by Gasteiger charge is -2.19. The minimum Gasteiger partial charge on any atom is -0.456 e. The Morgan fingerprint density at radius 3 is 2.04 bits per heavy atom. The summed E-state index contributed by atoms with van der Waals surface area (Å²) in [5, 5.41) is 5.84. The third kappa shape index (κ3) is 4.76. The molecule has 260 valence electrons. The fourth-order valence-corrected chi connectivity index (χ4v) is 9.78. The molecule has 55 heavy (non-hydrogen) atoms. The SMILES string of the molecule is Brc1ccc(-c2ccc(-n3c4c(c5cc(-c6ccc7c(c6)oc6ccccc67)ccc53)CC(c3ccc5c(c3)oc3ccccc35)C=C4)cc2)c2nsnc12. The highest BCUT2D eigenvalue weighted by Crippen LogP contribution is 2.42. The number of para-hydroxylation sites is 2. The number of nitrogens with zero attached hydrogens (tertiary/aromatic N) is 3. The van der Waals surface area contributed by atoms with E-state index in [1.807, 2.05) is 24.3 Å². The summed E-state index contributed by atoms with van der Waals surface area (Å²) in [6.07, 6.45) is 5.55. The molecule has 0 radical (unpaired) electrons. The van der Waals surface area contributed by atoms with Crippen LogP contribution in [-0.2, 0) is 6.42 Å². The summed E-state index contributed by atoms with van der Waals surface area (Å²) in [4.78, 5) is 0. The van der Waals surface area contributed by atoms with E-state index in [4.69, 9.17) is 8.83 Å². The molecule has 0 aliphatic heterocycles. The number of aromatic nitrogens is 3. The van der Waals surface area contributed by atoms with Gasteiger partial charge in [0.2, 0.25) is 0 Å². The zero-order valence-corrected chi connectivity index (χ0v) is 31.6. The van der Waals surface area contributed by atoms with E-state index in [2.05, 4.69) is 157 Å². The van der Waals surface area contributed by atoms with Crippen molar-refractivity contribution in [1.29, 1.82) is 0 Å². The highest BCUT2D eigenvalue weighted by Gasteiger charge is 2.25. The van der Waals surface area contributed by atoms with Crippen molar-refractivity contribution in [2.45, 2.75) is 12.3 Å². The largest absolute Gasteiger partial charge is 0.456 e. The van der Waals surface area contributed by atoms with Gasteiger partial charge in [-0.25, -0.2) is 0 Å². The highest BCUT2D eigenvalue weighted by atomic mass is 79.9. The zero-order chi connectivity index (χ0) is 36.2. The fourth-order valence-electron chi connectivity index (χ4n) is 8.68. The molecule has 1 atom stereocenters. The van der Waals surface area contributed by atoms with Crippen LogP contribution in [0.25, 0.3) is 99.8 Å². The normalized spacial score (nSPS) is 14.3. The Hall–Kier alpha value is -6.28. The summed E-state index contributed by atoms with van der Waals surface area (Å²) in [7, 11) is 0. The van der Waals surface area contributed by atoms with Crippen LogP contribution in [-0.4, -0.2) is 13.3 Å². The van der Waals surface area contributed by atoms with Crippen LogP contribution >= 0.6 is 27.7 Å². The number of halogens is 1. The van der Waals surface area contributed by atoms with Crippen molar-refractivity contribution in [2.24, 2.45) is 0 Å². The van der Waals surface area contributed by atoms with Crippen molar-refractivity contribution < 1.29 is 8.83 Å². The molecule has 0 fully saturated rings. The van der Waals surface area contributed by atoms with E-state index in [-0.39, 0.29) is 5.92 Å². The molecule has 0 saturated heterocycles. The lowest BCUT2D eigenvalue weighted by molar-refractivity contribution is 0.667. The maximum absolute atomic E-state index is 6.32. The third-order valence-corrected chi connectivity index (χ3v) is 12.5. The van der Waals surface area contributed by atoms with Crippen molar-refractivity contribution in [2.75, 3.05) is 0 Å². The molecule has 0 bridgehead atoms. The summed E-state index contributed by atoms with van der Waals surface area (Å²) >= 11 is 4.88. The lowest BCUT2D eigenvalue weighted by atomic mass is 9.86. The Labute approximate surface area is 327 Å². The molecule has 12 rings (SSSR count). The molecule has 1 unspecified atom stereocenters. The van der Waals surface area contributed by atoms with Crippen molar-refractivity contribution in [3.63, 3.8) is 0 Å². The highest BCUT2D eigenvalue weighted by molar-refractivity contribution is 9.10. The topological polar surface area (TPSA) is 57.0 Å². The monoisotopic (exact) mass is 789 g/mol. The second-order valence-corrected chi connectivity index (χ2v) is 15.7. The lowest BCUT2D eigenvalue weighted by Crippen LogP contribution is -2.07. The van der Waals surface area contributed by atoms with Crippen molar-refractivity contribution in [3.05, 3.63) is 167 Å². The van der Waals surface area contributed by atoms with Gasteiger partial charge in [-0.05, 0) is 117 Å². The second-order valence-electron chi connectivity index (χ2n) is 14.4. The van der Waals surface area contributed by atoms with Gasteiger partial charge in [0.05, 0.1) is 17.2 Å². The number of hydrogen-bond acceptors (Lipinski definition) is 5. The Bertz CT molecular complexity index is 3380. The molecular formula is C48H28BrN3O2S. The molecule has 4 aromatic heterocycles. The van der Waals surface area contributed by atoms with E-state index in [0.717, 1.165) is 93.7 Å². The zero-order valence-electron chi connectivity index (χ0n) is 29.2. The van der Waals surface area contributed by atoms with E-state index in [1.165, 1.54) is 39.5 Å². The molecular weight excluding hydrogens is 763 g/mol. The van der Waals surface area contributed by atoms with Gasteiger partial charge in [-0.15, -0.1) is 0 Å². The van der Waals surface area contributed by atoms with Gasteiger partial charge in [-0.3, -0.25) is 0 Å². The van der Waals surface area contributed by atoms with Crippen molar-refractivity contribution in [1.82, 2.24) is 13.3 Å². The van der Waals surface area contributed by atoms with Crippen LogP contribution in [0.3, 0.4) is 0 Å². The van der Waals surface area contributed by atoms with Gasteiger partial charge < -0.3 is 13.4 Å². The number of benzene rings is 7. The Kier molecular flexibility index (Phi) is 6.71. The minimum absolute atomic E-state index is 0.202. The first kappa shape index (κ1) is 31.1. The number of furan rings is 2. The van der Waals surface area contributed by atoms with Crippen LogP contribution in [0.4, 0.5) is 0 Å². The molecule has 0 spiro atoms. The van der Waals surface area contributed by atoms with Crippen LogP contribution in [0.2, 0.25) is 0 Å². The first-order chi connectivity index (χ1) is 27.1. The van der Waals surface area contributed by atoms with Gasteiger partial charge in [-0.2, -0.15) is 8.75 Å². The number of fused-ring (bicyclic) bond motifs is 10. The number of rotatable bonds is 4. The van der Waals surface area contributed by atoms with Gasteiger partial charge in [0.15, 0.2) is 0 Å². The molecule has 5 nitrogen and oxygen atoms in total. The maximum Gasteiger partial charge on any atom is 0.136 e. The third-order valence-electron chi connectivity index (χ3n) is 11.4. The fraction of sp³-hybridized carbons (Fsp3) is 0.0417. The van der Waals surface area contributed by atoms with Gasteiger partial charge >= 0.3 is 0 Å². The van der Waals surface area contributed by atoms with Crippen LogP contribution in [0.5, 0.6) is 0 Å². The van der Waals surface area contributed by atoms with Gasteiger partial charge in [0, 0.05) is 54.3 Å². The first-order valence-corrected chi connectivity index (χ1v) is 19.9. The number of hydrogen-bond donors (Lipinski definition) is 0. The van der Waals surface area contributed by atoms with Gasteiger partial charge in [0.25, 0.3) is 0 Å². The van der Waals surface area contributed by atoms with Gasteiger partial charge in [0.1, 0.15) is 33.4 Å². The molecule has 1 aliphatic rings. The molecule has 0 N–H and O–H groups in total. The quantitative estimate of drug-likeness (QED) is 0.178. The van der Waals surface area contributed by atoms with Crippen molar-refractivity contribution in [3.8, 4) is 27.9 Å². The van der Waals surface area contributed by atoms with E-state index in [9.17, 15) is 0 Å². The Morgan fingerprint density at radius 2 is 1.24 bits per heavy atom. The summed E-state index contributed by atoms with van der Waals surface area (Å²) < 4.78 is 25.1. The summed E-state index contributed by atoms with van der Waals surface area (Å²) in [6.45, 7) is 0. The Balaban J connectivity index is 0.997. The van der Waals surface area contributed by atoms with Crippen LogP contribution in [0.1, 0.15) is 22.7 Å². The van der Waals surface area contributed by atoms with Crippen molar-refractivity contribution >= 4 is 99.5 Å². The molecule has 7 heteroatoms. The van der Waals surface area contributed by atoms with Crippen LogP contribution in [0, 0.1) is 0 Å². The van der Waals surface area contributed by atoms with E-state index in [0.29, 0.717) is 0 Å². The van der Waals surface area contributed by atoms with Crippen LogP contribution in [0.15, 0.2) is 159 Å². The molecule has 11 aromatic rings. The molecule has 4 heterocycles. The average molecular weight is 791 g/mol. The minimum atomic E-state index is 0.202. The molecule has 7 aromatic carbocycles. The van der Waals surface area contributed by atoms with E-state index >= 15 is 0 Å². The van der Waals surface area contributed by atoms with Gasteiger partial charge in [-0.1, -0.05) is 84.9 Å². The predicted molar refractivity (Wildman–Crippen MR) is 229 cm³/mol. The Morgan fingerprint density at radius 1 is 0.582 bits per heavy atom. The predicted octanol–water partition coefficient (Wildman–Crippen LogP) is 13.9. The standard InChI is InChI=1S/C48H28BrN3O2S/c49-40-20-19-33(47-48(40)51-55-50-47)27-9-15-32(16-10-27)52-41-21-13-28(30-11-17-36-34-5-1-3-7-43(34)53-45(36)25-30)23-38(41)39-24-29(14-22-42(39)52)31-12-18-37-35-6-2-4-8-44(35)54-46(37)26-31/h1-23,25-26,29H,24H2. The molecule has 1 aliphatic carbocycles. The number of allylic oxidation sites excluding steroid dienone is 1. The average Bonchev–Trinajstić information content (AvgIpc) is 4.02. The van der Waals surface area contributed by atoms with E-state index < -0.39 is 0 Å². The summed E-state index contributed by atoms with van der Waals surface area (Å²) in [6, 6.07) is 49.8. The summed E-state index contributed by atoms with van der Waals surface area (Å²) in [5.41, 5.74) is 16.1. The molecule has 0 amide bonds. The molecule has 0 saturated carbocycles. The summed E-state index contributed by atoms with van der Waals surface area (Å²) in [5.74, 6) is 0.202.